The molecule has 0 saturated heterocycles. The zero-order valence-electron chi connectivity index (χ0n) is 34.7. The maximum Gasteiger partial charge on any atom is 0.137 e. The molecule has 10 rings (SSSR count). The number of aliphatic imine (C=N–C) groups is 1. The van der Waals surface area contributed by atoms with Crippen molar-refractivity contribution in [1.82, 2.24) is 0 Å². The third-order valence-corrected chi connectivity index (χ3v) is 12.0. The van der Waals surface area contributed by atoms with Crippen molar-refractivity contribution < 1.29 is 4.42 Å². The molecule has 3 nitrogen and oxygen atoms in total. The van der Waals surface area contributed by atoms with Crippen LogP contribution in [0.4, 0.5) is 17.1 Å². The first kappa shape index (κ1) is 38.5. The molecule has 0 saturated carbocycles. The van der Waals surface area contributed by atoms with Crippen molar-refractivity contribution in [3.05, 3.63) is 229 Å². The number of furan rings is 1. The molecule has 1 aromatic heterocycles. The van der Waals surface area contributed by atoms with Crippen molar-refractivity contribution >= 4 is 73.8 Å². The molecule has 9 aromatic rings. The highest BCUT2D eigenvalue weighted by Crippen LogP contribution is 2.44. The van der Waals surface area contributed by atoms with Crippen LogP contribution in [-0.4, -0.2) is 6.72 Å². The molecule has 0 N–H and O–H groups in total. The summed E-state index contributed by atoms with van der Waals surface area (Å²) >= 11 is 0. The van der Waals surface area contributed by atoms with Crippen LogP contribution >= 0.6 is 0 Å². The van der Waals surface area contributed by atoms with Gasteiger partial charge in [-0.2, -0.15) is 0 Å². The summed E-state index contributed by atoms with van der Waals surface area (Å²) in [4.78, 5) is 6.68. The molecule has 1 aliphatic carbocycles. The minimum absolute atomic E-state index is 0.646. The molecule has 0 aliphatic heterocycles. The fourth-order valence-electron chi connectivity index (χ4n) is 8.84. The molecule has 0 unspecified atom stereocenters. The minimum Gasteiger partial charge on any atom is -0.456 e. The van der Waals surface area contributed by atoms with Crippen molar-refractivity contribution in [3.8, 4) is 22.3 Å². The Bertz CT molecular complexity index is 3200. The van der Waals surface area contributed by atoms with Crippen LogP contribution in [-0.2, 0) is 6.42 Å². The number of anilines is 3. The molecule has 0 amide bonds. The van der Waals surface area contributed by atoms with Gasteiger partial charge in [0.2, 0.25) is 0 Å². The normalized spacial score (nSPS) is 12.6. The topological polar surface area (TPSA) is 28.7 Å². The predicted molar refractivity (Wildman–Crippen MR) is 266 cm³/mol. The zero-order valence-corrected chi connectivity index (χ0v) is 34.7. The van der Waals surface area contributed by atoms with Crippen molar-refractivity contribution in [2.75, 3.05) is 4.90 Å². The van der Waals surface area contributed by atoms with E-state index < -0.39 is 0 Å². The molecule has 298 valence electrons. The van der Waals surface area contributed by atoms with Crippen LogP contribution in [0.2, 0.25) is 0 Å². The summed E-state index contributed by atoms with van der Waals surface area (Å²) in [7, 11) is 0. The second kappa shape index (κ2) is 17.1. The van der Waals surface area contributed by atoms with E-state index in [1.165, 1.54) is 27.8 Å². The van der Waals surface area contributed by atoms with Crippen LogP contribution in [0.25, 0.3) is 72.3 Å². The number of hydrogen-bond donors (Lipinski definition) is 0. The number of para-hydroxylation sites is 1. The average Bonchev–Trinajstić information content (AvgIpc) is 3.71. The number of benzene rings is 8. The Hall–Kier alpha value is -7.75. The number of rotatable bonds is 12. The van der Waals surface area contributed by atoms with Gasteiger partial charge in [0.25, 0.3) is 0 Å². The summed E-state index contributed by atoms with van der Waals surface area (Å²) in [6, 6.07) is 63.0. The Balaban J connectivity index is 1.07. The summed E-state index contributed by atoms with van der Waals surface area (Å²) in [5.74, 6) is 0. The molecule has 0 atom stereocenters. The molecule has 0 spiro atoms. The van der Waals surface area contributed by atoms with Crippen LogP contribution in [0.1, 0.15) is 41.5 Å². The number of allylic oxidation sites excluding steroid dienone is 5. The van der Waals surface area contributed by atoms with Gasteiger partial charge >= 0.3 is 0 Å². The summed E-state index contributed by atoms with van der Waals surface area (Å²) in [5, 5.41) is 4.52. The molecule has 0 fully saturated rings. The SMILES string of the molecule is C=NC(=C)c1cccc(-c2cc(N(c3ccc(C4=CCCC=C4)cc3)c3ccc4c(c3)oc3ccccc34)cc3ccccc23)c1/C=C\CCc1ccc(-c2ccccc2)cc1. The first-order chi connectivity index (χ1) is 30.6. The molecule has 8 aromatic carbocycles. The van der Waals surface area contributed by atoms with Crippen molar-refractivity contribution in [3.63, 3.8) is 0 Å². The maximum absolute atomic E-state index is 6.47. The van der Waals surface area contributed by atoms with Gasteiger partial charge in [-0.05, 0) is 130 Å². The lowest BCUT2D eigenvalue weighted by Gasteiger charge is -2.27. The fraction of sp³-hybridized carbons (Fsp3) is 0.0678. The number of fused-ring (bicyclic) bond motifs is 4. The van der Waals surface area contributed by atoms with Crippen molar-refractivity contribution in [1.29, 1.82) is 0 Å². The van der Waals surface area contributed by atoms with Crippen LogP contribution in [0.3, 0.4) is 0 Å². The predicted octanol–water partition coefficient (Wildman–Crippen LogP) is 16.6. The molecular weight excluding hydrogens is 753 g/mol. The van der Waals surface area contributed by atoms with Crippen molar-refractivity contribution in [2.24, 2.45) is 4.99 Å². The van der Waals surface area contributed by atoms with Gasteiger partial charge < -0.3 is 9.32 Å². The van der Waals surface area contributed by atoms with E-state index in [4.69, 9.17) is 4.42 Å². The van der Waals surface area contributed by atoms with Gasteiger partial charge in [0.15, 0.2) is 0 Å². The lowest BCUT2D eigenvalue weighted by atomic mass is 9.90. The van der Waals surface area contributed by atoms with Crippen LogP contribution < -0.4 is 4.90 Å². The van der Waals surface area contributed by atoms with Gasteiger partial charge in [0, 0.05) is 39.5 Å². The van der Waals surface area contributed by atoms with E-state index in [0.717, 1.165) is 97.7 Å². The zero-order chi connectivity index (χ0) is 41.8. The lowest BCUT2D eigenvalue weighted by Crippen LogP contribution is -2.10. The van der Waals surface area contributed by atoms with Gasteiger partial charge in [0.1, 0.15) is 11.2 Å². The first-order valence-electron chi connectivity index (χ1n) is 21.4. The molecule has 1 heterocycles. The maximum atomic E-state index is 6.47. The van der Waals surface area contributed by atoms with Crippen LogP contribution in [0, 0.1) is 0 Å². The molecule has 62 heavy (non-hydrogen) atoms. The van der Waals surface area contributed by atoms with Gasteiger partial charge in [0.05, 0.1) is 5.70 Å². The third-order valence-electron chi connectivity index (χ3n) is 12.0. The Morgan fingerprint density at radius 3 is 2.13 bits per heavy atom. The quantitative estimate of drug-likeness (QED) is 0.115. The van der Waals surface area contributed by atoms with Gasteiger partial charge in [-0.15, -0.1) is 0 Å². The summed E-state index contributed by atoms with van der Waals surface area (Å²) in [6.45, 7) is 8.20. The van der Waals surface area contributed by atoms with Crippen LogP contribution in [0.5, 0.6) is 0 Å². The van der Waals surface area contributed by atoms with E-state index in [0.29, 0.717) is 5.70 Å². The second-order valence-electron chi connectivity index (χ2n) is 15.9. The Labute approximate surface area is 363 Å². The minimum atomic E-state index is 0.646. The average molecular weight is 799 g/mol. The van der Waals surface area contributed by atoms with Gasteiger partial charge in [-0.25, -0.2) is 0 Å². The van der Waals surface area contributed by atoms with E-state index in [2.05, 4.69) is 217 Å². The second-order valence-corrected chi connectivity index (χ2v) is 15.9. The standard InChI is InChI=1S/C59H46N2O/c1-41(60-2)51-25-15-26-54(53(51)23-11-9-16-42-28-30-45(31-29-42)43-17-5-3-6-18-43)57-39-50(38-47-21-10-12-22-52(47)57)61(48-34-32-46(33-35-48)44-19-7-4-8-20-44)49-36-37-56-55-24-13-14-27-58(55)62-59(56)40-49/h3,5-7,10-15,17-40H,1-2,4,8-9,16H2/b23-11-. The fourth-order valence-corrected chi connectivity index (χ4v) is 8.84. The third kappa shape index (κ3) is 7.61. The Kier molecular flexibility index (Phi) is 10.6. The van der Waals surface area contributed by atoms with Gasteiger partial charge in [-0.1, -0.05) is 164 Å². The van der Waals surface area contributed by atoms with E-state index in [9.17, 15) is 0 Å². The number of hydrogen-bond acceptors (Lipinski definition) is 3. The van der Waals surface area contributed by atoms with E-state index >= 15 is 0 Å². The highest BCUT2D eigenvalue weighted by Gasteiger charge is 2.20. The summed E-state index contributed by atoms with van der Waals surface area (Å²) < 4.78 is 6.47. The number of aryl methyl sites for hydroxylation is 1. The van der Waals surface area contributed by atoms with E-state index in [1.54, 1.807) is 0 Å². The van der Waals surface area contributed by atoms with Crippen molar-refractivity contribution in [2.45, 2.75) is 25.7 Å². The highest BCUT2D eigenvalue weighted by atomic mass is 16.3. The summed E-state index contributed by atoms with van der Waals surface area (Å²) in [5.41, 5.74) is 16.0. The highest BCUT2D eigenvalue weighted by molar-refractivity contribution is 6.07. The molecule has 0 bridgehead atoms. The Morgan fingerprint density at radius 2 is 1.32 bits per heavy atom. The molecule has 0 radical (unpaired) electrons. The molecule has 3 heteroatoms. The lowest BCUT2D eigenvalue weighted by molar-refractivity contribution is 0.669. The largest absolute Gasteiger partial charge is 0.456 e. The summed E-state index contributed by atoms with van der Waals surface area (Å²) in [6.07, 6.45) is 15.3. The Morgan fingerprint density at radius 1 is 0.597 bits per heavy atom. The molecule has 1 aliphatic rings. The smallest absolute Gasteiger partial charge is 0.137 e. The van der Waals surface area contributed by atoms with E-state index in [1.807, 2.05) is 12.1 Å². The van der Waals surface area contributed by atoms with Crippen LogP contribution in [0.15, 0.2) is 216 Å². The monoisotopic (exact) mass is 798 g/mol. The van der Waals surface area contributed by atoms with Gasteiger partial charge in [-0.3, -0.25) is 4.99 Å². The number of nitrogens with zero attached hydrogens (tertiary/aromatic N) is 2. The first-order valence-corrected chi connectivity index (χ1v) is 21.4. The van der Waals surface area contributed by atoms with E-state index in [-0.39, 0.29) is 0 Å². The molecular formula is C59H46N2O.